The monoisotopic (exact) mass is 379 g/mol. The Labute approximate surface area is 154 Å². The Balaban J connectivity index is 3.21. The van der Waals surface area contributed by atoms with Gasteiger partial charge >= 0.3 is 10.4 Å². The predicted octanol–water partition coefficient (Wildman–Crippen LogP) is 4.40. The van der Waals surface area contributed by atoms with Crippen molar-refractivity contribution in [2.45, 2.75) is 96.8 Å². The van der Waals surface area contributed by atoms with Crippen LogP contribution in [0.25, 0.3) is 0 Å². The second-order valence-corrected chi connectivity index (χ2v) is 7.68. The Morgan fingerprint density at radius 1 is 0.840 bits per heavy atom. The standard InChI is InChI=1S/C18H37NO5S/c1-2-3-4-5-6-7-8-9-10-11-12-13-14-15-18(20)19-16-17-24-25(21,22)23/h2-17H2,1H3,(H,19,20)(H,21,22,23). The van der Waals surface area contributed by atoms with Gasteiger partial charge < -0.3 is 5.32 Å². The quantitative estimate of drug-likeness (QED) is 0.272. The van der Waals surface area contributed by atoms with Crippen LogP contribution < -0.4 is 5.32 Å². The van der Waals surface area contributed by atoms with Gasteiger partial charge in [0.25, 0.3) is 0 Å². The first kappa shape index (κ1) is 24.3. The van der Waals surface area contributed by atoms with Gasteiger partial charge in [0.15, 0.2) is 0 Å². The van der Waals surface area contributed by atoms with Crippen molar-refractivity contribution in [1.82, 2.24) is 5.32 Å². The molecule has 0 aliphatic carbocycles. The normalized spacial score (nSPS) is 11.6. The minimum atomic E-state index is -4.41. The number of hydrogen-bond donors (Lipinski definition) is 2. The van der Waals surface area contributed by atoms with E-state index in [1.807, 2.05) is 0 Å². The van der Waals surface area contributed by atoms with Gasteiger partial charge in [-0.15, -0.1) is 0 Å². The molecule has 1 amide bonds. The average molecular weight is 380 g/mol. The Bertz CT molecular complexity index is 412. The van der Waals surface area contributed by atoms with Gasteiger partial charge in [-0.1, -0.05) is 84.0 Å². The van der Waals surface area contributed by atoms with Crippen molar-refractivity contribution in [1.29, 1.82) is 0 Å². The number of carbonyl (C=O) groups is 1. The lowest BCUT2D eigenvalue weighted by molar-refractivity contribution is -0.121. The zero-order valence-corrected chi connectivity index (χ0v) is 16.6. The van der Waals surface area contributed by atoms with Crippen molar-refractivity contribution >= 4 is 16.3 Å². The zero-order chi connectivity index (χ0) is 18.8. The highest BCUT2D eigenvalue weighted by Crippen LogP contribution is 2.12. The largest absolute Gasteiger partial charge is 0.397 e. The molecule has 0 radical (unpaired) electrons. The van der Waals surface area contributed by atoms with Gasteiger partial charge in [0.05, 0.1) is 6.61 Å². The summed E-state index contributed by atoms with van der Waals surface area (Å²) in [5.74, 6) is -0.109. The van der Waals surface area contributed by atoms with Crippen molar-refractivity contribution in [3.63, 3.8) is 0 Å². The topological polar surface area (TPSA) is 92.7 Å². The Morgan fingerprint density at radius 2 is 1.28 bits per heavy atom. The van der Waals surface area contributed by atoms with Crippen molar-refractivity contribution in [3.05, 3.63) is 0 Å². The first-order valence-corrected chi connectivity index (χ1v) is 11.2. The summed E-state index contributed by atoms with van der Waals surface area (Å²) in [7, 11) is -4.41. The van der Waals surface area contributed by atoms with Crippen LogP contribution in [0.5, 0.6) is 0 Å². The summed E-state index contributed by atoms with van der Waals surface area (Å²) in [4.78, 5) is 11.5. The molecule has 0 aromatic rings. The van der Waals surface area contributed by atoms with Gasteiger partial charge in [-0.3, -0.25) is 9.35 Å². The molecule has 0 rings (SSSR count). The minimum Gasteiger partial charge on any atom is -0.354 e. The molecule has 0 atom stereocenters. The number of nitrogens with one attached hydrogen (secondary N) is 1. The van der Waals surface area contributed by atoms with Crippen LogP contribution in [0.3, 0.4) is 0 Å². The van der Waals surface area contributed by atoms with E-state index in [9.17, 15) is 13.2 Å². The second-order valence-electron chi connectivity index (χ2n) is 6.59. The zero-order valence-electron chi connectivity index (χ0n) is 15.8. The maximum atomic E-state index is 11.5. The molecule has 0 aromatic heterocycles. The average Bonchev–Trinajstić information content (AvgIpc) is 2.55. The summed E-state index contributed by atoms with van der Waals surface area (Å²) >= 11 is 0. The third-order valence-corrected chi connectivity index (χ3v) is 4.63. The highest BCUT2D eigenvalue weighted by Gasteiger charge is 2.05. The fourth-order valence-electron chi connectivity index (χ4n) is 2.73. The van der Waals surface area contributed by atoms with Crippen molar-refractivity contribution in [2.75, 3.05) is 13.2 Å². The van der Waals surface area contributed by atoms with Crippen molar-refractivity contribution in [2.24, 2.45) is 0 Å². The molecule has 6 nitrogen and oxygen atoms in total. The van der Waals surface area contributed by atoms with Gasteiger partial charge in [0.2, 0.25) is 5.91 Å². The molecular formula is C18H37NO5S. The van der Waals surface area contributed by atoms with Crippen LogP contribution >= 0.6 is 0 Å². The third-order valence-electron chi connectivity index (χ3n) is 4.16. The smallest absolute Gasteiger partial charge is 0.354 e. The van der Waals surface area contributed by atoms with E-state index >= 15 is 0 Å². The lowest BCUT2D eigenvalue weighted by Crippen LogP contribution is -2.27. The molecule has 0 aromatic carbocycles. The van der Waals surface area contributed by atoms with Gasteiger partial charge in [0.1, 0.15) is 0 Å². The molecule has 25 heavy (non-hydrogen) atoms. The van der Waals surface area contributed by atoms with Gasteiger partial charge in [0, 0.05) is 13.0 Å². The number of hydrogen-bond acceptors (Lipinski definition) is 4. The highest BCUT2D eigenvalue weighted by molar-refractivity contribution is 7.80. The van der Waals surface area contributed by atoms with E-state index in [4.69, 9.17) is 4.55 Å². The SMILES string of the molecule is CCCCCCCCCCCCCCCC(=O)NCCOS(=O)(=O)O. The number of rotatable bonds is 18. The third kappa shape index (κ3) is 21.3. The van der Waals surface area contributed by atoms with E-state index in [0.717, 1.165) is 19.3 Å². The summed E-state index contributed by atoms with van der Waals surface area (Å²) in [5, 5.41) is 2.56. The Morgan fingerprint density at radius 3 is 1.72 bits per heavy atom. The first-order valence-electron chi connectivity index (χ1n) is 9.84. The van der Waals surface area contributed by atoms with Crippen LogP contribution in [0.2, 0.25) is 0 Å². The fourth-order valence-corrected chi connectivity index (χ4v) is 3.02. The van der Waals surface area contributed by atoms with E-state index in [0.29, 0.717) is 6.42 Å². The van der Waals surface area contributed by atoms with E-state index in [-0.39, 0.29) is 19.1 Å². The van der Waals surface area contributed by atoms with Gasteiger partial charge in [-0.05, 0) is 6.42 Å². The first-order chi connectivity index (χ1) is 12.0. The van der Waals surface area contributed by atoms with Crippen LogP contribution in [-0.2, 0) is 19.4 Å². The molecule has 2 N–H and O–H groups in total. The van der Waals surface area contributed by atoms with E-state index in [1.54, 1.807) is 0 Å². The molecule has 0 heterocycles. The van der Waals surface area contributed by atoms with E-state index < -0.39 is 10.4 Å². The van der Waals surface area contributed by atoms with Crippen LogP contribution in [0.15, 0.2) is 0 Å². The van der Waals surface area contributed by atoms with Crippen molar-refractivity contribution in [3.8, 4) is 0 Å². The highest BCUT2D eigenvalue weighted by atomic mass is 32.3. The molecule has 0 aliphatic rings. The molecule has 0 bridgehead atoms. The Kier molecular flexibility index (Phi) is 16.3. The lowest BCUT2D eigenvalue weighted by Gasteiger charge is -2.05. The van der Waals surface area contributed by atoms with Gasteiger partial charge in [-0.25, -0.2) is 4.18 Å². The molecule has 0 saturated carbocycles. The molecule has 0 fully saturated rings. The van der Waals surface area contributed by atoms with Gasteiger partial charge in [-0.2, -0.15) is 8.42 Å². The Hall–Kier alpha value is -0.660. The van der Waals surface area contributed by atoms with E-state index in [1.165, 1.54) is 64.2 Å². The molecule has 150 valence electrons. The molecule has 0 aliphatic heterocycles. The maximum absolute atomic E-state index is 11.5. The molecule has 0 spiro atoms. The maximum Gasteiger partial charge on any atom is 0.397 e. The summed E-state index contributed by atoms with van der Waals surface area (Å²) in [6.45, 7) is 2.08. The second kappa shape index (κ2) is 16.8. The van der Waals surface area contributed by atoms with Crippen molar-refractivity contribution < 1.29 is 21.9 Å². The number of carbonyl (C=O) groups excluding carboxylic acids is 1. The lowest BCUT2D eigenvalue weighted by atomic mass is 10.0. The minimum absolute atomic E-state index is 0.0804. The summed E-state index contributed by atoms with van der Waals surface area (Å²) < 4.78 is 33.1. The van der Waals surface area contributed by atoms with E-state index in [2.05, 4.69) is 16.4 Å². The number of unbranched alkanes of at least 4 members (excludes halogenated alkanes) is 12. The van der Waals surface area contributed by atoms with Crippen LogP contribution in [0, 0.1) is 0 Å². The molecular weight excluding hydrogens is 342 g/mol. The molecule has 0 unspecified atom stereocenters. The van der Waals surface area contributed by atoms with Crippen LogP contribution in [-0.4, -0.2) is 32.0 Å². The molecule has 7 heteroatoms. The summed E-state index contributed by atoms with van der Waals surface area (Å²) in [5.41, 5.74) is 0. The summed E-state index contributed by atoms with van der Waals surface area (Å²) in [6.07, 6.45) is 16.9. The molecule has 0 saturated heterocycles. The number of amides is 1. The fraction of sp³-hybridized carbons (Fsp3) is 0.944. The van der Waals surface area contributed by atoms with Crippen LogP contribution in [0.1, 0.15) is 96.8 Å². The van der Waals surface area contributed by atoms with Crippen LogP contribution in [0.4, 0.5) is 0 Å². The predicted molar refractivity (Wildman–Crippen MR) is 101 cm³/mol. The summed E-state index contributed by atoms with van der Waals surface area (Å²) in [6, 6.07) is 0.